The van der Waals surface area contributed by atoms with E-state index in [1.54, 1.807) is 18.2 Å². The third-order valence-corrected chi connectivity index (χ3v) is 5.35. The molecule has 0 aliphatic heterocycles. The van der Waals surface area contributed by atoms with Gasteiger partial charge in [-0.25, -0.2) is 0 Å². The minimum Gasteiger partial charge on any atom is -0.495 e. The number of hydrogen-bond acceptors (Lipinski definition) is 4. The van der Waals surface area contributed by atoms with E-state index in [4.69, 9.17) is 21.1 Å². The second-order valence-electron chi connectivity index (χ2n) is 6.69. The fraction of sp³-hybridized carbons (Fsp3) is 0.556. The van der Waals surface area contributed by atoms with Crippen LogP contribution in [-0.2, 0) is 14.3 Å². The normalized spacial score (nSPS) is 24.7. The predicted molar refractivity (Wildman–Crippen MR) is 91.1 cm³/mol. The smallest absolute Gasteiger partial charge is 0.306 e. The molecule has 0 aromatic heterocycles. The first-order valence-electron chi connectivity index (χ1n) is 8.34. The maximum Gasteiger partial charge on any atom is 0.306 e. The second kappa shape index (κ2) is 7.43. The number of amides is 1. The van der Waals surface area contributed by atoms with Gasteiger partial charge in [-0.05, 0) is 55.2 Å². The van der Waals surface area contributed by atoms with E-state index < -0.39 is 5.91 Å². The Hall–Kier alpha value is -1.75. The van der Waals surface area contributed by atoms with Gasteiger partial charge in [0.15, 0.2) is 6.61 Å². The van der Waals surface area contributed by atoms with E-state index in [0.717, 1.165) is 12.3 Å². The number of hydrogen-bond donors (Lipinski definition) is 1. The van der Waals surface area contributed by atoms with E-state index in [2.05, 4.69) is 5.32 Å². The van der Waals surface area contributed by atoms with E-state index in [1.165, 1.54) is 26.4 Å². The Morgan fingerprint density at radius 1 is 1.29 bits per heavy atom. The summed E-state index contributed by atoms with van der Waals surface area (Å²) >= 11 is 5.92. The Balaban J connectivity index is 1.45. The molecule has 1 aromatic carbocycles. The van der Waals surface area contributed by atoms with Crippen LogP contribution in [0.1, 0.15) is 32.1 Å². The molecule has 3 rings (SSSR count). The SMILES string of the molecule is COc1ccc(Cl)cc1NC(=O)COC(=O)C[C@@H]1C[C@H]2CC[C@@H]1C2. The van der Waals surface area contributed by atoms with E-state index in [-0.39, 0.29) is 12.6 Å². The Morgan fingerprint density at radius 2 is 2.12 bits per heavy atom. The number of fused-ring (bicyclic) bond motifs is 2. The third kappa shape index (κ3) is 4.01. The number of methoxy groups -OCH3 is 1. The van der Waals surface area contributed by atoms with Gasteiger partial charge >= 0.3 is 5.97 Å². The molecule has 1 amide bonds. The molecule has 2 saturated carbocycles. The van der Waals surface area contributed by atoms with Crippen molar-refractivity contribution in [3.05, 3.63) is 23.2 Å². The Morgan fingerprint density at radius 3 is 2.79 bits per heavy atom. The molecular formula is C18H22ClNO4. The molecule has 0 heterocycles. The van der Waals surface area contributed by atoms with Gasteiger partial charge in [-0.3, -0.25) is 9.59 Å². The van der Waals surface area contributed by atoms with Crippen LogP contribution in [0.5, 0.6) is 5.75 Å². The molecule has 3 atom stereocenters. The maximum atomic E-state index is 12.0. The van der Waals surface area contributed by atoms with Gasteiger partial charge in [-0.2, -0.15) is 0 Å². The van der Waals surface area contributed by atoms with Gasteiger partial charge in [-0.15, -0.1) is 0 Å². The van der Waals surface area contributed by atoms with Crippen LogP contribution in [0.4, 0.5) is 5.69 Å². The highest BCUT2D eigenvalue weighted by Gasteiger charge is 2.40. The number of nitrogens with one attached hydrogen (secondary N) is 1. The first-order valence-corrected chi connectivity index (χ1v) is 8.72. The Bertz CT molecular complexity index is 633. The summed E-state index contributed by atoms with van der Waals surface area (Å²) in [6, 6.07) is 4.93. The summed E-state index contributed by atoms with van der Waals surface area (Å²) in [6.45, 7) is -0.296. The second-order valence-corrected chi connectivity index (χ2v) is 7.13. The van der Waals surface area contributed by atoms with Crippen molar-refractivity contribution in [1.29, 1.82) is 0 Å². The highest BCUT2D eigenvalue weighted by Crippen LogP contribution is 2.49. The van der Waals surface area contributed by atoms with Crippen LogP contribution < -0.4 is 10.1 Å². The van der Waals surface area contributed by atoms with Gasteiger partial charge in [0, 0.05) is 11.4 Å². The van der Waals surface area contributed by atoms with Crippen LogP contribution in [0.3, 0.4) is 0 Å². The predicted octanol–water partition coefficient (Wildman–Crippen LogP) is 3.66. The monoisotopic (exact) mass is 351 g/mol. The summed E-state index contributed by atoms with van der Waals surface area (Å²) in [6.07, 6.45) is 5.35. The maximum absolute atomic E-state index is 12.0. The highest BCUT2D eigenvalue weighted by molar-refractivity contribution is 6.31. The summed E-state index contributed by atoms with van der Waals surface area (Å²) in [4.78, 5) is 23.9. The molecule has 2 fully saturated rings. The molecular weight excluding hydrogens is 330 g/mol. The molecule has 6 heteroatoms. The lowest BCUT2D eigenvalue weighted by Gasteiger charge is -2.20. The van der Waals surface area contributed by atoms with E-state index in [9.17, 15) is 9.59 Å². The number of halogens is 1. The molecule has 0 saturated heterocycles. The van der Waals surface area contributed by atoms with E-state index >= 15 is 0 Å². The van der Waals surface area contributed by atoms with Crippen molar-refractivity contribution in [3.8, 4) is 5.75 Å². The lowest BCUT2D eigenvalue weighted by atomic mass is 9.86. The van der Waals surface area contributed by atoms with Crippen molar-refractivity contribution in [3.63, 3.8) is 0 Å². The molecule has 1 aromatic rings. The summed E-state index contributed by atoms with van der Waals surface area (Å²) < 4.78 is 10.3. The van der Waals surface area contributed by atoms with Crippen LogP contribution in [0.15, 0.2) is 18.2 Å². The van der Waals surface area contributed by atoms with E-state index in [1.807, 2.05) is 0 Å². The lowest BCUT2D eigenvalue weighted by molar-refractivity contribution is -0.148. The average molecular weight is 352 g/mol. The number of ether oxygens (including phenoxy) is 2. The van der Waals surface area contributed by atoms with E-state index in [0.29, 0.717) is 34.7 Å². The first kappa shape index (κ1) is 17.1. The molecule has 5 nitrogen and oxygen atoms in total. The van der Waals surface area contributed by atoms with Gasteiger partial charge in [0.05, 0.1) is 12.8 Å². The molecule has 0 radical (unpaired) electrons. The average Bonchev–Trinajstić information content (AvgIpc) is 3.16. The van der Waals surface area contributed by atoms with Gasteiger partial charge in [-0.1, -0.05) is 18.0 Å². The number of benzene rings is 1. The van der Waals surface area contributed by atoms with Crippen LogP contribution in [0.2, 0.25) is 5.02 Å². The Kier molecular flexibility index (Phi) is 5.29. The van der Waals surface area contributed by atoms with Crippen molar-refractivity contribution in [2.24, 2.45) is 17.8 Å². The summed E-state index contributed by atoms with van der Waals surface area (Å²) in [5.41, 5.74) is 0.458. The summed E-state index contributed by atoms with van der Waals surface area (Å²) in [5.74, 6) is 1.71. The van der Waals surface area contributed by atoms with Gasteiger partial charge in [0.2, 0.25) is 0 Å². The molecule has 0 spiro atoms. The highest BCUT2D eigenvalue weighted by atomic mass is 35.5. The molecule has 1 N–H and O–H groups in total. The number of rotatable bonds is 6. The minimum atomic E-state index is -0.406. The van der Waals surface area contributed by atoms with Crippen molar-refractivity contribution in [2.45, 2.75) is 32.1 Å². The van der Waals surface area contributed by atoms with Crippen molar-refractivity contribution < 1.29 is 19.1 Å². The number of carbonyl (C=O) groups is 2. The third-order valence-electron chi connectivity index (χ3n) is 5.11. The van der Waals surface area contributed by atoms with Crippen LogP contribution in [0.25, 0.3) is 0 Å². The fourth-order valence-electron chi connectivity index (χ4n) is 4.01. The zero-order valence-corrected chi connectivity index (χ0v) is 14.5. The molecule has 2 bridgehead atoms. The van der Waals surface area contributed by atoms with Crippen LogP contribution >= 0.6 is 11.6 Å². The summed E-state index contributed by atoms with van der Waals surface area (Å²) in [7, 11) is 1.51. The van der Waals surface area contributed by atoms with Gasteiger partial charge in [0.25, 0.3) is 5.91 Å². The zero-order valence-electron chi connectivity index (χ0n) is 13.7. The molecule has 0 unspecified atom stereocenters. The largest absolute Gasteiger partial charge is 0.495 e. The van der Waals surface area contributed by atoms with Gasteiger partial charge < -0.3 is 14.8 Å². The summed E-state index contributed by atoms with van der Waals surface area (Å²) in [5, 5.41) is 3.14. The zero-order chi connectivity index (χ0) is 17.1. The molecule has 2 aliphatic rings. The molecule has 130 valence electrons. The van der Waals surface area contributed by atoms with Crippen LogP contribution in [-0.4, -0.2) is 25.6 Å². The van der Waals surface area contributed by atoms with Crippen molar-refractivity contribution in [1.82, 2.24) is 0 Å². The molecule has 24 heavy (non-hydrogen) atoms. The minimum absolute atomic E-state index is 0.291. The van der Waals surface area contributed by atoms with Crippen molar-refractivity contribution >= 4 is 29.2 Å². The number of anilines is 1. The quantitative estimate of drug-likeness (QED) is 0.794. The Labute approximate surface area is 146 Å². The first-order chi connectivity index (χ1) is 11.5. The standard InChI is InChI=1S/C18H22ClNO4/c1-23-16-5-4-14(19)9-15(16)20-17(21)10-24-18(22)8-13-7-11-2-3-12(13)6-11/h4-5,9,11-13H,2-3,6-8,10H2,1H3,(H,20,21)/t11-,12+,13-/m0/s1. The fourth-order valence-corrected chi connectivity index (χ4v) is 4.18. The number of esters is 1. The topological polar surface area (TPSA) is 64.6 Å². The van der Waals surface area contributed by atoms with Crippen LogP contribution in [0, 0.1) is 17.8 Å². The number of carbonyl (C=O) groups excluding carboxylic acids is 2. The lowest BCUT2D eigenvalue weighted by Crippen LogP contribution is -2.23. The molecule has 2 aliphatic carbocycles. The van der Waals surface area contributed by atoms with Crippen molar-refractivity contribution in [2.75, 3.05) is 19.0 Å². The van der Waals surface area contributed by atoms with Gasteiger partial charge in [0.1, 0.15) is 5.75 Å².